The van der Waals surface area contributed by atoms with Gasteiger partial charge >= 0.3 is 10.1 Å². The molecule has 3 rings (SSSR count). The first-order valence-corrected chi connectivity index (χ1v) is 11.7. The van der Waals surface area contributed by atoms with Crippen LogP contribution in [0.2, 0.25) is 0 Å². The fourth-order valence-corrected chi connectivity index (χ4v) is 5.16. The molecule has 0 spiro atoms. The lowest BCUT2D eigenvalue weighted by Crippen LogP contribution is -2.39. The van der Waals surface area contributed by atoms with Crippen molar-refractivity contribution in [3.63, 3.8) is 0 Å². The molecular weight excluding hydrogens is 406 g/mol. The molecule has 1 saturated carbocycles. The van der Waals surface area contributed by atoms with Gasteiger partial charge in [0, 0.05) is 6.04 Å². The lowest BCUT2D eigenvalue weighted by Gasteiger charge is -2.29. The van der Waals surface area contributed by atoms with Crippen LogP contribution in [0.5, 0.6) is 11.5 Å². The third-order valence-electron chi connectivity index (χ3n) is 4.49. The van der Waals surface area contributed by atoms with Crippen molar-refractivity contribution in [2.24, 2.45) is 0 Å². The molecule has 1 aromatic carbocycles. The van der Waals surface area contributed by atoms with Crippen LogP contribution in [0.3, 0.4) is 0 Å². The molecule has 2 aliphatic rings. The van der Waals surface area contributed by atoms with E-state index in [-0.39, 0.29) is 23.4 Å². The van der Waals surface area contributed by atoms with Crippen LogP contribution in [0.25, 0.3) is 6.08 Å². The Morgan fingerprint density at radius 1 is 1.22 bits per heavy atom. The van der Waals surface area contributed by atoms with E-state index in [1.165, 1.54) is 31.4 Å². The maximum Gasteiger partial charge on any atom is 0.306 e. The number of amides is 1. The van der Waals surface area contributed by atoms with Gasteiger partial charge in [0.15, 0.2) is 11.5 Å². The highest BCUT2D eigenvalue weighted by molar-refractivity contribution is 8.26. The third-order valence-corrected chi connectivity index (χ3v) is 6.30. The van der Waals surface area contributed by atoms with Crippen molar-refractivity contribution in [1.82, 2.24) is 4.90 Å². The first-order valence-electron chi connectivity index (χ1n) is 8.63. The maximum absolute atomic E-state index is 12.8. The molecule has 1 aromatic rings. The van der Waals surface area contributed by atoms with E-state index in [1.807, 2.05) is 0 Å². The number of rotatable bonds is 5. The number of nitrogens with zero attached hydrogens (tertiary/aromatic N) is 1. The number of thiocarbonyl (C=S) groups is 1. The van der Waals surface area contributed by atoms with Gasteiger partial charge in [-0.3, -0.25) is 9.69 Å². The molecule has 0 bridgehead atoms. The number of hydrogen-bond acceptors (Lipinski definition) is 7. The fourth-order valence-electron chi connectivity index (χ4n) is 3.29. The van der Waals surface area contributed by atoms with Crippen molar-refractivity contribution >= 4 is 50.4 Å². The van der Waals surface area contributed by atoms with Gasteiger partial charge in [0.05, 0.1) is 18.3 Å². The summed E-state index contributed by atoms with van der Waals surface area (Å²) in [6, 6.07) is 5.01. The van der Waals surface area contributed by atoms with E-state index >= 15 is 0 Å². The van der Waals surface area contributed by atoms with E-state index in [1.54, 1.807) is 23.1 Å². The monoisotopic (exact) mass is 427 g/mol. The van der Waals surface area contributed by atoms with Crippen LogP contribution in [-0.4, -0.2) is 43.0 Å². The lowest BCUT2D eigenvalue weighted by molar-refractivity contribution is -0.124. The van der Waals surface area contributed by atoms with Crippen LogP contribution in [-0.2, 0) is 14.9 Å². The minimum absolute atomic E-state index is 0.0627. The summed E-state index contributed by atoms with van der Waals surface area (Å²) in [6.45, 7) is 0. The average Bonchev–Trinajstić information content (AvgIpc) is 2.89. The molecule has 6 nitrogen and oxygen atoms in total. The smallest absolute Gasteiger partial charge is 0.306 e. The van der Waals surface area contributed by atoms with E-state index < -0.39 is 10.1 Å². The molecule has 1 aliphatic carbocycles. The largest absolute Gasteiger partial charge is 0.493 e. The van der Waals surface area contributed by atoms with Crippen molar-refractivity contribution in [3.05, 3.63) is 28.7 Å². The Morgan fingerprint density at radius 3 is 2.56 bits per heavy atom. The van der Waals surface area contributed by atoms with E-state index in [0.717, 1.165) is 31.9 Å². The summed E-state index contributed by atoms with van der Waals surface area (Å²) in [7, 11) is -2.23. The zero-order valence-electron chi connectivity index (χ0n) is 15.1. The molecule has 0 N–H and O–H groups in total. The number of carbonyl (C=O) groups is 1. The minimum atomic E-state index is -3.66. The predicted octanol–water partition coefficient (Wildman–Crippen LogP) is 3.57. The topological polar surface area (TPSA) is 72.9 Å². The van der Waals surface area contributed by atoms with Gasteiger partial charge in [0.25, 0.3) is 5.91 Å². The number of carbonyl (C=O) groups excluding carboxylic acids is 1. The molecule has 146 valence electrons. The predicted molar refractivity (Wildman–Crippen MR) is 110 cm³/mol. The summed E-state index contributed by atoms with van der Waals surface area (Å²) in [4.78, 5) is 15.2. The van der Waals surface area contributed by atoms with Crippen LogP contribution < -0.4 is 8.92 Å². The highest BCUT2D eigenvalue weighted by Crippen LogP contribution is 2.38. The normalized spacial score (nSPS) is 20.4. The highest BCUT2D eigenvalue weighted by Gasteiger charge is 2.37. The number of methoxy groups -OCH3 is 1. The van der Waals surface area contributed by atoms with Crippen molar-refractivity contribution in [3.8, 4) is 11.5 Å². The summed E-state index contributed by atoms with van der Waals surface area (Å²) in [5.41, 5.74) is 0.705. The molecule has 1 heterocycles. The standard InChI is InChI=1S/C18H21NO5S3/c1-23-15-10-12(8-9-14(15)24-27(2,21)22)11-16-17(20)19(18(25)26-16)13-6-4-3-5-7-13/h8-11,13H,3-7H2,1-2H3/b16-11-. The van der Waals surface area contributed by atoms with Gasteiger partial charge < -0.3 is 8.92 Å². The average molecular weight is 428 g/mol. The summed E-state index contributed by atoms with van der Waals surface area (Å²) in [5, 5.41) is 0. The molecule has 1 aliphatic heterocycles. The Balaban J connectivity index is 1.84. The van der Waals surface area contributed by atoms with Gasteiger partial charge in [-0.25, -0.2) is 0 Å². The number of benzene rings is 1. The fraction of sp³-hybridized carbons (Fsp3) is 0.444. The summed E-state index contributed by atoms with van der Waals surface area (Å²) in [5.74, 6) is 0.316. The number of ether oxygens (including phenoxy) is 1. The Hall–Kier alpha value is -1.58. The molecule has 27 heavy (non-hydrogen) atoms. The summed E-state index contributed by atoms with van der Waals surface area (Å²) < 4.78 is 33.4. The molecule has 0 radical (unpaired) electrons. The molecule has 0 aromatic heterocycles. The lowest BCUT2D eigenvalue weighted by atomic mass is 9.94. The minimum Gasteiger partial charge on any atom is -0.493 e. The molecule has 1 saturated heterocycles. The Morgan fingerprint density at radius 2 is 1.93 bits per heavy atom. The van der Waals surface area contributed by atoms with Gasteiger partial charge in [-0.1, -0.05) is 49.3 Å². The molecule has 0 atom stereocenters. The van der Waals surface area contributed by atoms with Gasteiger partial charge in [-0.05, 0) is 36.6 Å². The summed E-state index contributed by atoms with van der Waals surface area (Å²) >= 11 is 6.74. The molecule has 2 fully saturated rings. The highest BCUT2D eigenvalue weighted by atomic mass is 32.2. The second-order valence-corrected chi connectivity index (χ2v) is 9.79. The quantitative estimate of drug-likeness (QED) is 0.404. The Labute approximate surface area is 169 Å². The maximum atomic E-state index is 12.8. The van der Waals surface area contributed by atoms with Crippen LogP contribution in [0.15, 0.2) is 23.1 Å². The van der Waals surface area contributed by atoms with Crippen molar-refractivity contribution in [1.29, 1.82) is 0 Å². The zero-order chi connectivity index (χ0) is 19.6. The Kier molecular flexibility index (Phi) is 6.12. The van der Waals surface area contributed by atoms with Crippen LogP contribution in [0, 0.1) is 0 Å². The number of hydrogen-bond donors (Lipinski definition) is 0. The molecule has 9 heteroatoms. The first-order chi connectivity index (χ1) is 12.8. The third kappa shape index (κ3) is 4.83. The van der Waals surface area contributed by atoms with Crippen LogP contribution in [0.4, 0.5) is 0 Å². The van der Waals surface area contributed by atoms with Crippen molar-refractivity contribution in [2.45, 2.75) is 38.1 Å². The number of thioether (sulfide) groups is 1. The second-order valence-electron chi connectivity index (χ2n) is 6.54. The Bertz CT molecular complexity index is 888. The van der Waals surface area contributed by atoms with E-state index in [9.17, 15) is 13.2 Å². The van der Waals surface area contributed by atoms with E-state index in [4.69, 9.17) is 21.1 Å². The van der Waals surface area contributed by atoms with Crippen LogP contribution >= 0.6 is 24.0 Å². The SMILES string of the molecule is COc1cc(/C=C2\SC(=S)N(C3CCCCC3)C2=O)ccc1OS(C)(=O)=O. The van der Waals surface area contributed by atoms with E-state index in [0.29, 0.717) is 14.8 Å². The van der Waals surface area contributed by atoms with Gasteiger partial charge in [-0.2, -0.15) is 8.42 Å². The van der Waals surface area contributed by atoms with Gasteiger partial charge in [-0.15, -0.1) is 0 Å². The van der Waals surface area contributed by atoms with Gasteiger partial charge in [0.1, 0.15) is 4.32 Å². The van der Waals surface area contributed by atoms with Crippen LogP contribution in [0.1, 0.15) is 37.7 Å². The van der Waals surface area contributed by atoms with E-state index in [2.05, 4.69) is 0 Å². The first kappa shape index (κ1) is 20.2. The molecule has 1 amide bonds. The molecule has 0 unspecified atom stereocenters. The van der Waals surface area contributed by atoms with Crippen molar-refractivity contribution < 1.29 is 22.1 Å². The summed E-state index contributed by atoms with van der Waals surface area (Å²) in [6.07, 6.45) is 8.16. The van der Waals surface area contributed by atoms with Gasteiger partial charge in [0.2, 0.25) is 0 Å². The molecular formula is C18H21NO5S3. The zero-order valence-corrected chi connectivity index (χ0v) is 17.6. The second kappa shape index (κ2) is 8.20. The van der Waals surface area contributed by atoms with Crippen molar-refractivity contribution in [2.75, 3.05) is 13.4 Å².